The van der Waals surface area contributed by atoms with Crippen molar-refractivity contribution in [3.05, 3.63) is 41.5 Å². The van der Waals surface area contributed by atoms with Crippen LogP contribution in [0.4, 0.5) is 19.1 Å². The van der Waals surface area contributed by atoms with Gasteiger partial charge in [0.1, 0.15) is 11.4 Å². The van der Waals surface area contributed by atoms with Crippen LogP contribution in [0.15, 0.2) is 29.3 Å². The number of esters is 1. The maximum absolute atomic E-state index is 13.5. The second kappa shape index (κ2) is 7.73. The molecular formula is C19H18F3N5O4S. The molecule has 0 saturated heterocycles. The van der Waals surface area contributed by atoms with Crippen LogP contribution in [0.5, 0.6) is 0 Å². The van der Waals surface area contributed by atoms with E-state index < -0.39 is 33.2 Å². The van der Waals surface area contributed by atoms with Crippen molar-refractivity contribution in [2.45, 2.75) is 31.1 Å². The summed E-state index contributed by atoms with van der Waals surface area (Å²) in [7, 11) is -3.40. The first-order chi connectivity index (χ1) is 15.0. The summed E-state index contributed by atoms with van der Waals surface area (Å²) in [5.41, 5.74) is -0.917. The van der Waals surface area contributed by atoms with Crippen LogP contribution in [-0.4, -0.2) is 53.3 Å². The molecule has 4 rings (SSSR count). The average Bonchev–Trinajstić information content (AvgIpc) is 3.09. The number of hydrogen-bond donors (Lipinski definition) is 0. The quantitative estimate of drug-likeness (QED) is 0.537. The summed E-state index contributed by atoms with van der Waals surface area (Å²) in [6.07, 6.45) is -2.94. The molecule has 0 spiro atoms. The number of fused-ring (bicyclic) bond motifs is 3. The van der Waals surface area contributed by atoms with Crippen molar-refractivity contribution < 1.29 is 31.1 Å². The smallest absolute Gasteiger partial charge is 0.434 e. The van der Waals surface area contributed by atoms with Crippen LogP contribution in [0, 0.1) is 0 Å². The van der Waals surface area contributed by atoms with Gasteiger partial charge in [0.05, 0.1) is 29.1 Å². The maximum atomic E-state index is 13.5. The largest absolute Gasteiger partial charge is 0.462 e. The highest BCUT2D eigenvalue weighted by Crippen LogP contribution is 2.32. The lowest BCUT2D eigenvalue weighted by atomic mass is 10.2. The number of sulfone groups is 1. The predicted molar refractivity (Wildman–Crippen MR) is 107 cm³/mol. The third-order valence-corrected chi connectivity index (χ3v) is 6.09. The Kier molecular flexibility index (Phi) is 5.31. The van der Waals surface area contributed by atoms with Gasteiger partial charge in [0.25, 0.3) is 0 Å². The molecule has 0 bridgehead atoms. The number of carbonyl (C=O) groups excluding carboxylic acids is 1. The lowest BCUT2D eigenvalue weighted by molar-refractivity contribution is -0.141. The van der Waals surface area contributed by atoms with Crippen LogP contribution in [-0.2, 0) is 33.8 Å². The summed E-state index contributed by atoms with van der Waals surface area (Å²) in [6, 6.07) is 4.58. The minimum atomic E-state index is -4.87. The van der Waals surface area contributed by atoms with Gasteiger partial charge in [0.15, 0.2) is 15.5 Å². The number of alkyl halides is 3. The van der Waals surface area contributed by atoms with E-state index in [-0.39, 0.29) is 30.5 Å². The minimum Gasteiger partial charge on any atom is -0.462 e. The lowest BCUT2D eigenvalue weighted by Crippen LogP contribution is -2.35. The maximum Gasteiger partial charge on any atom is 0.434 e. The molecule has 1 aromatic carbocycles. The fourth-order valence-electron chi connectivity index (χ4n) is 3.49. The number of ether oxygens (including phenoxy) is 1. The van der Waals surface area contributed by atoms with E-state index in [1.165, 1.54) is 24.0 Å². The molecule has 1 aliphatic heterocycles. The molecule has 2 aromatic heterocycles. The van der Waals surface area contributed by atoms with Crippen molar-refractivity contribution in [3.63, 3.8) is 0 Å². The summed E-state index contributed by atoms with van der Waals surface area (Å²) < 4.78 is 70.8. The number of halogens is 3. The molecule has 0 fully saturated rings. The standard InChI is InChI=1S/C19H18F3N5O4S/c1-3-31-17(28)12-9-23-18(25-16(12)19(20,21)22)26-6-7-27-14-8-11(32(2,29)30)4-5-13(14)24-15(27)10-26/h4-5,8-9H,3,6-7,10H2,1-2H3. The van der Waals surface area contributed by atoms with Crippen molar-refractivity contribution in [1.29, 1.82) is 0 Å². The van der Waals surface area contributed by atoms with Gasteiger partial charge in [-0.05, 0) is 25.1 Å². The van der Waals surface area contributed by atoms with Crippen molar-refractivity contribution in [3.8, 4) is 0 Å². The van der Waals surface area contributed by atoms with Gasteiger partial charge in [-0.1, -0.05) is 0 Å². The highest BCUT2D eigenvalue weighted by atomic mass is 32.2. The second-order valence-corrected chi connectivity index (χ2v) is 9.19. The molecule has 0 atom stereocenters. The van der Waals surface area contributed by atoms with Crippen molar-refractivity contribution in [1.82, 2.24) is 19.5 Å². The number of anilines is 1. The molecule has 170 valence electrons. The molecule has 13 heteroatoms. The zero-order valence-electron chi connectivity index (χ0n) is 17.0. The number of carbonyl (C=O) groups is 1. The van der Waals surface area contributed by atoms with Gasteiger partial charge in [-0.3, -0.25) is 0 Å². The Bertz CT molecular complexity index is 1320. The highest BCUT2D eigenvalue weighted by Gasteiger charge is 2.39. The molecule has 1 aliphatic rings. The Morgan fingerprint density at radius 2 is 1.97 bits per heavy atom. The van der Waals surface area contributed by atoms with Crippen LogP contribution in [0.1, 0.15) is 28.8 Å². The molecule has 3 heterocycles. The first-order valence-electron chi connectivity index (χ1n) is 9.54. The van der Waals surface area contributed by atoms with E-state index in [4.69, 9.17) is 0 Å². The van der Waals surface area contributed by atoms with Gasteiger partial charge in [0, 0.05) is 25.5 Å². The summed E-state index contributed by atoms with van der Waals surface area (Å²) in [6.45, 7) is 2.11. The van der Waals surface area contributed by atoms with E-state index >= 15 is 0 Å². The Morgan fingerprint density at radius 3 is 2.62 bits per heavy atom. The number of benzene rings is 1. The zero-order chi connectivity index (χ0) is 23.3. The van der Waals surface area contributed by atoms with Gasteiger partial charge in [-0.2, -0.15) is 13.2 Å². The first-order valence-corrected chi connectivity index (χ1v) is 11.4. The summed E-state index contributed by atoms with van der Waals surface area (Å²) in [4.78, 5) is 25.6. The van der Waals surface area contributed by atoms with E-state index in [0.717, 1.165) is 12.5 Å². The van der Waals surface area contributed by atoms with Crippen LogP contribution < -0.4 is 4.90 Å². The van der Waals surface area contributed by atoms with Gasteiger partial charge in [-0.15, -0.1) is 0 Å². The van der Waals surface area contributed by atoms with Gasteiger partial charge in [-0.25, -0.2) is 28.2 Å². The summed E-state index contributed by atoms with van der Waals surface area (Å²) in [5, 5.41) is 0. The third-order valence-electron chi connectivity index (χ3n) is 4.98. The normalized spacial score (nSPS) is 14.5. The molecule has 0 saturated carbocycles. The molecule has 32 heavy (non-hydrogen) atoms. The van der Waals surface area contributed by atoms with E-state index in [2.05, 4.69) is 19.7 Å². The van der Waals surface area contributed by atoms with E-state index in [9.17, 15) is 26.4 Å². The Balaban J connectivity index is 1.70. The SMILES string of the molecule is CCOC(=O)c1cnc(N2CCn3c(nc4ccc(S(C)(=O)=O)cc43)C2)nc1C(F)(F)F. The van der Waals surface area contributed by atoms with Crippen molar-refractivity contribution >= 4 is 32.8 Å². The first kappa shape index (κ1) is 22.0. The third kappa shape index (κ3) is 3.99. The van der Waals surface area contributed by atoms with E-state index in [1.807, 2.05) is 4.57 Å². The van der Waals surface area contributed by atoms with E-state index in [1.54, 1.807) is 6.07 Å². The van der Waals surface area contributed by atoms with Crippen molar-refractivity contribution in [2.75, 3.05) is 24.3 Å². The second-order valence-electron chi connectivity index (χ2n) is 7.17. The van der Waals surface area contributed by atoms with Gasteiger partial charge in [0.2, 0.25) is 5.95 Å². The Morgan fingerprint density at radius 1 is 1.22 bits per heavy atom. The molecule has 9 nitrogen and oxygen atoms in total. The van der Waals surface area contributed by atoms with Crippen LogP contribution in [0.25, 0.3) is 11.0 Å². The van der Waals surface area contributed by atoms with Crippen molar-refractivity contribution in [2.24, 2.45) is 0 Å². The molecule has 0 radical (unpaired) electrons. The Labute approximate surface area is 180 Å². The number of imidazole rings is 1. The van der Waals surface area contributed by atoms with Crippen LogP contribution >= 0.6 is 0 Å². The average molecular weight is 469 g/mol. The summed E-state index contributed by atoms with van der Waals surface area (Å²) in [5.74, 6) is -0.808. The molecule has 0 amide bonds. The zero-order valence-corrected chi connectivity index (χ0v) is 17.9. The molecule has 3 aromatic rings. The minimum absolute atomic E-state index is 0.0821. The van der Waals surface area contributed by atoms with Crippen LogP contribution in [0.3, 0.4) is 0 Å². The summed E-state index contributed by atoms with van der Waals surface area (Å²) >= 11 is 0. The fraction of sp³-hybridized carbons (Fsp3) is 0.368. The fourth-order valence-corrected chi connectivity index (χ4v) is 4.13. The van der Waals surface area contributed by atoms with Crippen LogP contribution in [0.2, 0.25) is 0 Å². The van der Waals surface area contributed by atoms with Gasteiger partial charge >= 0.3 is 12.1 Å². The van der Waals surface area contributed by atoms with E-state index in [0.29, 0.717) is 23.4 Å². The number of aromatic nitrogens is 4. The number of hydrogen-bond acceptors (Lipinski definition) is 8. The molecule has 0 unspecified atom stereocenters. The number of nitrogens with zero attached hydrogens (tertiary/aromatic N) is 5. The van der Waals surface area contributed by atoms with Gasteiger partial charge < -0.3 is 14.2 Å². The lowest BCUT2D eigenvalue weighted by Gasteiger charge is -2.28. The predicted octanol–water partition coefficient (Wildman–Crippen LogP) is 2.45. The molecule has 0 N–H and O–H groups in total. The number of rotatable bonds is 4. The monoisotopic (exact) mass is 469 g/mol. The Hall–Kier alpha value is -3.22. The topological polar surface area (TPSA) is 107 Å². The highest BCUT2D eigenvalue weighted by molar-refractivity contribution is 7.90. The molecular weight excluding hydrogens is 451 g/mol. The molecule has 0 aliphatic carbocycles.